The summed E-state index contributed by atoms with van der Waals surface area (Å²) in [4.78, 5) is 14.7. The number of nitrogens with zero attached hydrogens (tertiary/aromatic N) is 4. The normalized spacial score (nSPS) is 12.2. The molecule has 0 saturated carbocycles. The summed E-state index contributed by atoms with van der Waals surface area (Å²) in [6.07, 6.45) is 3.24. The van der Waals surface area contributed by atoms with Crippen molar-refractivity contribution in [2.75, 3.05) is 0 Å². The molecule has 0 aliphatic carbocycles. The van der Waals surface area contributed by atoms with Crippen LogP contribution >= 0.6 is 0 Å². The third kappa shape index (κ3) is 9.29. The minimum Gasteiger partial charge on any atom is -0.486 e. The third-order valence-electron chi connectivity index (χ3n) is 11.9. The van der Waals surface area contributed by atoms with Crippen molar-refractivity contribution in [2.24, 2.45) is 5.92 Å². The Labute approximate surface area is 392 Å². The molecule has 5 nitrogen and oxygen atoms in total. The molecule has 0 N–H and O–H groups in total. The van der Waals surface area contributed by atoms with Crippen molar-refractivity contribution in [3.05, 3.63) is 150 Å². The molecule has 5 aromatic carbocycles. The first-order valence-corrected chi connectivity index (χ1v) is 25.8. The molecule has 0 unspecified atom stereocenters. The number of benzene rings is 5. The molecule has 0 bridgehead atoms. The average Bonchev–Trinajstić information content (AvgIpc) is 3.80. The van der Waals surface area contributed by atoms with E-state index in [0.717, 1.165) is 56.3 Å². The van der Waals surface area contributed by atoms with Gasteiger partial charge in [0.05, 0.1) is 36.0 Å². The van der Waals surface area contributed by atoms with Crippen LogP contribution in [0.1, 0.15) is 96.4 Å². The smallest absolute Gasteiger partial charge is 0.216 e. The van der Waals surface area contributed by atoms with Gasteiger partial charge in [0, 0.05) is 42.8 Å². The Kier molecular flexibility index (Phi) is 13.4. The van der Waals surface area contributed by atoms with Crippen LogP contribution in [0, 0.1) is 23.9 Å². The van der Waals surface area contributed by atoms with Gasteiger partial charge < -0.3 is 14.0 Å². The van der Waals surface area contributed by atoms with Crippen LogP contribution in [0.2, 0.25) is 19.6 Å². The Hall–Kier alpha value is -5.27. The molecule has 0 aliphatic rings. The summed E-state index contributed by atoms with van der Waals surface area (Å²) < 4.78 is 22.9. The van der Waals surface area contributed by atoms with Gasteiger partial charge in [-0.2, -0.15) is 0 Å². The van der Waals surface area contributed by atoms with E-state index in [1.807, 2.05) is 42.5 Å². The monoisotopic (exact) mass is 1040 g/mol. The van der Waals surface area contributed by atoms with E-state index in [4.69, 9.17) is 14.4 Å². The Bertz CT molecular complexity index is 3090. The van der Waals surface area contributed by atoms with E-state index in [1.54, 1.807) is 6.07 Å². The molecule has 4 aromatic heterocycles. The van der Waals surface area contributed by atoms with Gasteiger partial charge in [0.25, 0.3) is 0 Å². The number of hydrogen-bond donors (Lipinski definition) is 0. The first-order valence-electron chi connectivity index (χ1n) is 22.3. The van der Waals surface area contributed by atoms with Gasteiger partial charge in [0.2, 0.25) is 5.71 Å². The number of hydrogen-bond acceptors (Lipinski definition) is 4. The van der Waals surface area contributed by atoms with Crippen molar-refractivity contribution in [2.45, 2.75) is 106 Å². The summed E-state index contributed by atoms with van der Waals surface area (Å²) in [6, 6.07) is 40.6. The maximum absolute atomic E-state index is 14.1. The molecule has 0 atom stereocenters. The zero-order valence-electron chi connectivity index (χ0n) is 39.2. The summed E-state index contributed by atoms with van der Waals surface area (Å²) in [5, 5.41) is 3.97. The second-order valence-electron chi connectivity index (χ2n) is 20.0. The number of furan rings is 1. The fourth-order valence-corrected chi connectivity index (χ4v) is 10.2. The van der Waals surface area contributed by atoms with Crippen LogP contribution in [0.25, 0.3) is 72.3 Å². The predicted molar refractivity (Wildman–Crippen MR) is 265 cm³/mol. The van der Waals surface area contributed by atoms with E-state index in [0.29, 0.717) is 22.7 Å². The zero-order chi connectivity index (χ0) is 45.0. The molecule has 0 saturated heterocycles. The Morgan fingerprint density at radius 1 is 0.750 bits per heavy atom. The number of halogens is 1. The predicted octanol–water partition coefficient (Wildman–Crippen LogP) is 14.9. The molecular formula is C56H59FIrN4OSi-2. The molecule has 64 heavy (non-hydrogen) atoms. The van der Waals surface area contributed by atoms with Crippen LogP contribution in [-0.2, 0) is 31.9 Å². The van der Waals surface area contributed by atoms with Crippen LogP contribution in [0.3, 0.4) is 0 Å². The third-order valence-corrected chi connectivity index (χ3v) is 13.9. The van der Waals surface area contributed by atoms with Crippen molar-refractivity contribution >= 4 is 57.3 Å². The first kappa shape index (κ1) is 46.7. The second kappa shape index (κ2) is 18.3. The molecular weight excluding hydrogens is 984 g/mol. The Balaban J connectivity index is 0.000000246. The molecule has 4 heterocycles. The Morgan fingerprint density at radius 3 is 2.09 bits per heavy atom. The summed E-state index contributed by atoms with van der Waals surface area (Å²) in [7, 11) is -1.34. The number of fused-ring (bicyclic) bond motifs is 5. The van der Waals surface area contributed by atoms with Gasteiger partial charge in [0.15, 0.2) is 0 Å². The topological polar surface area (TPSA) is 56.7 Å². The van der Waals surface area contributed by atoms with Crippen molar-refractivity contribution in [1.29, 1.82) is 0 Å². The minimum absolute atomic E-state index is 0. The zero-order valence-corrected chi connectivity index (χ0v) is 42.6. The van der Waals surface area contributed by atoms with Crippen molar-refractivity contribution < 1.29 is 28.9 Å². The Morgan fingerprint density at radius 2 is 1.45 bits per heavy atom. The van der Waals surface area contributed by atoms with Gasteiger partial charge in [-0.1, -0.05) is 129 Å². The number of para-hydroxylation sites is 2. The molecule has 9 aromatic rings. The number of pyridine rings is 2. The van der Waals surface area contributed by atoms with E-state index in [9.17, 15) is 4.39 Å². The fourth-order valence-electron chi connectivity index (χ4n) is 8.62. The van der Waals surface area contributed by atoms with Gasteiger partial charge in [-0.25, -0.2) is 9.37 Å². The number of imidazole rings is 1. The van der Waals surface area contributed by atoms with Crippen molar-refractivity contribution in [1.82, 2.24) is 19.5 Å². The first-order chi connectivity index (χ1) is 29.9. The van der Waals surface area contributed by atoms with Gasteiger partial charge >= 0.3 is 0 Å². The summed E-state index contributed by atoms with van der Waals surface area (Å²) >= 11 is 0. The molecule has 1 radical (unpaired) electrons. The van der Waals surface area contributed by atoms with Crippen molar-refractivity contribution in [3.8, 4) is 28.3 Å². The van der Waals surface area contributed by atoms with Crippen LogP contribution in [0.5, 0.6) is 0 Å². The molecule has 8 heteroatoms. The number of aromatic nitrogens is 4. The van der Waals surface area contributed by atoms with Crippen LogP contribution in [-0.4, -0.2) is 27.6 Å². The van der Waals surface area contributed by atoms with Crippen LogP contribution in [0.15, 0.2) is 114 Å². The van der Waals surface area contributed by atoms with Crippen LogP contribution < -0.4 is 5.19 Å². The maximum Gasteiger partial charge on any atom is 0.216 e. The summed E-state index contributed by atoms with van der Waals surface area (Å²) in [5.41, 5.74) is 13.3. The second-order valence-corrected chi connectivity index (χ2v) is 25.1. The molecule has 0 fully saturated rings. The van der Waals surface area contributed by atoms with E-state index < -0.39 is 8.07 Å². The molecule has 331 valence electrons. The largest absolute Gasteiger partial charge is 0.486 e. The SMILES string of the molecule is CC(C)Cc1cc(-c2[c-]cccc2)ncc1[Si](C)(C)C.CC(C)c1cc(C(C)(C)C)cc(C(C)C)c1-n1c(-c2[c-]ccc3c2oc2nc4ccc(F)cc4cc23)nc2ccccc21.[Ir]. The molecule has 0 aliphatic heterocycles. The molecule has 0 amide bonds. The van der Waals surface area contributed by atoms with E-state index in [-0.39, 0.29) is 43.2 Å². The van der Waals surface area contributed by atoms with Gasteiger partial charge in [-0.05, 0) is 93.6 Å². The molecule has 0 spiro atoms. The van der Waals surface area contributed by atoms with E-state index in [1.165, 1.54) is 45.3 Å². The summed E-state index contributed by atoms with van der Waals surface area (Å²) in [5.74, 6) is 1.72. The molecule has 9 rings (SSSR count). The van der Waals surface area contributed by atoms with Gasteiger partial charge in [0.1, 0.15) is 5.82 Å². The van der Waals surface area contributed by atoms with Crippen molar-refractivity contribution in [3.63, 3.8) is 0 Å². The van der Waals surface area contributed by atoms with Gasteiger partial charge in [-0.3, -0.25) is 4.98 Å². The van der Waals surface area contributed by atoms with E-state index in [2.05, 4.69) is 152 Å². The van der Waals surface area contributed by atoms with E-state index >= 15 is 0 Å². The standard InChI is InChI=1S/C38H35FN3O.C18H24NSi.Ir/c1-21(2)28-19-24(38(5,6)7)20-29(22(3)4)34(28)42-33-14-9-8-13-32(33)40-36(42)27-12-10-11-26-30-18-23-17-25(39)15-16-31(23)41-37(30)43-35(26)27;1-14(2)11-16-12-17(15-9-7-6-8-10-15)19-13-18(16)20(3,4)5;/h8-11,13-22H,1-7H3;6-9,12-14H,11H2,1-5H3;/q2*-1;. The fraction of sp³-hybridized carbons (Fsp3) is 0.304. The quantitative estimate of drug-likeness (QED) is 0.112. The number of rotatable bonds is 8. The maximum atomic E-state index is 14.1. The average molecular weight is 1040 g/mol. The summed E-state index contributed by atoms with van der Waals surface area (Å²) in [6.45, 7) is 27.6. The minimum atomic E-state index is -1.34. The van der Waals surface area contributed by atoms with Gasteiger partial charge in [-0.15, -0.1) is 54.1 Å². The van der Waals surface area contributed by atoms with Crippen LogP contribution in [0.4, 0.5) is 4.39 Å².